The van der Waals surface area contributed by atoms with Gasteiger partial charge in [0.25, 0.3) is 0 Å². The molecule has 2 N–H and O–H groups in total. The van der Waals surface area contributed by atoms with Crippen molar-refractivity contribution in [1.82, 2.24) is 4.90 Å². The lowest BCUT2D eigenvalue weighted by atomic mass is 10.3. The topological polar surface area (TPSA) is 60.8 Å². The van der Waals surface area contributed by atoms with E-state index in [0.29, 0.717) is 6.54 Å². The second kappa shape index (κ2) is 4.43. The summed E-state index contributed by atoms with van der Waals surface area (Å²) in [5, 5.41) is 17.9. The van der Waals surface area contributed by atoms with Crippen molar-refractivity contribution in [1.29, 1.82) is 0 Å². The summed E-state index contributed by atoms with van der Waals surface area (Å²) in [6.07, 6.45) is -1.43. The first-order valence-corrected chi connectivity index (χ1v) is 5.03. The lowest BCUT2D eigenvalue weighted by molar-refractivity contribution is 0.154. The normalized spacial score (nSPS) is 12.5. The predicted molar refractivity (Wildman–Crippen MR) is 54.4 cm³/mol. The third-order valence-corrected chi connectivity index (χ3v) is 3.05. The highest BCUT2D eigenvalue weighted by Gasteiger charge is 2.09. The second-order valence-corrected chi connectivity index (χ2v) is 4.32. The maximum atomic E-state index is 10.5. The van der Waals surface area contributed by atoms with Crippen LogP contribution in [0.25, 0.3) is 0 Å². The van der Waals surface area contributed by atoms with E-state index in [1.165, 1.54) is 23.3 Å². The fourth-order valence-electron chi connectivity index (χ4n) is 1.01. The summed E-state index contributed by atoms with van der Waals surface area (Å²) in [5.41, 5.74) is 0. The Morgan fingerprint density at radius 2 is 2.29 bits per heavy atom. The summed E-state index contributed by atoms with van der Waals surface area (Å²) in [4.78, 5) is 13.5. The predicted octanol–water partition coefficient (Wildman–Crippen LogP) is 1.91. The number of hydrogen-bond acceptors (Lipinski definition) is 3. The first kappa shape index (κ1) is 11.0. The van der Waals surface area contributed by atoms with Gasteiger partial charge in [-0.05, 0) is 19.1 Å². The molecule has 5 heteroatoms. The SMILES string of the molecule is CC(O)c1ccc(CN(C)C(=O)O)s1. The summed E-state index contributed by atoms with van der Waals surface area (Å²) in [6.45, 7) is 2.06. The molecule has 1 unspecified atom stereocenters. The minimum atomic E-state index is -0.947. The molecular weight excluding hydrogens is 202 g/mol. The van der Waals surface area contributed by atoms with Crippen LogP contribution in [0.2, 0.25) is 0 Å². The van der Waals surface area contributed by atoms with Crippen LogP contribution in [0.5, 0.6) is 0 Å². The second-order valence-electron chi connectivity index (χ2n) is 3.12. The molecule has 0 saturated heterocycles. The molecule has 0 aliphatic carbocycles. The van der Waals surface area contributed by atoms with Gasteiger partial charge < -0.3 is 15.1 Å². The first-order chi connectivity index (χ1) is 6.50. The van der Waals surface area contributed by atoms with Gasteiger partial charge in [0.15, 0.2) is 0 Å². The lowest BCUT2D eigenvalue weighted by Crippen LogP contribution is -2.23. The number of carboxylic acid groups (broad SMARTS) is 1. The van der Waals surface area contributed by atoms with E-state index in [9.17, 15) is 9.90 Å². The van der Waals surface area contributed by atoms with Crippen molar-refractivity contribution in [3.8, 4) is 0 Å². The molecule has 0 aliphatic heterocycles. The molecule has 4 nitrogen and oxygen atoms in total. The number of carbonyl (C=O) groups is 1. The van der Waals surface area contributed by atoms with Gasteiger partial charge >= 0.3 is 6.09 Å². The average Bonchev–Trinajstić information content (AvgIpc) is 2.52. The van der Waals surface area contributed by atoms with E-state index >= 15 is 0 Å². The van der Waals surface area contributed by atoms with Crippen LogP contribution < -0.4 is 0 Å². The fourth-order valence-corrected chi connectivity index (χ4v) is 2.01. The van der Waals surface area contributed by atoms with E-state index in [1.54, 1.807) is 6.92 Å². The highest BCUT2D eigenvalue weighted by Crippen LogP contribution is 2.23. The molecule has 1 heterocycles. The Morgan fingerprint density at radius 3 is 2.71 bits per heavy atom. The Labute approximate surface area is 86.4 Å². The number of amides is 1. The van der Waals surface area contributed by atoms with Gasteiger partial charge in [0, 0.05) is 16.8 Å². The van der Waals surface area contributed by atoms with Crippen molar-refractivity contribution in [2.75, 3.05) is 7.05 Å². The third kappa shape index (κ3) is 2.71. The largest absolute Gasteiger partial charge is 0.465 e. The molecule has 0 aromatic carbocycles. The van der Waals surface area contributed by atoms with Crippen LogP contribution in [0.15, 0.2) is 12.1 Å². The van der Waals surface area contributed by atoms with Gasteiger partial charge in [-0.3, -0.25) is 0 Å². The minimum Gasteiger partial charge on any atom is -0.465 e. The summed E-state index contributed by atoms with van der Waals surface area (Å²) >= 11 is 1.43. The molecule has 78 valence electrons. The number of thiophene rings is 1. The summed E-state index contributed by atoms with van der Waals surface area (Å²) < 4.78 is 0. The van der Waals surface area contributed by atoms with E-state index in [2.05, 4.69) is 0 Å². The van der Waals surface area contributed by atoms with Crippen molar-refractivity contribution in [2.45, 2.75) is 19.6 Å². The molecule has 1 aromatic heterocycles. The van der Waals surface area contributed by atoms with Crippen LogP contribution in [-0.4, -0.2) is 28.3 Å². The van der Waals surface area contributed by atoms with Crippen LogP contribution in [-0.2, 0) is 6.54 Å². The Hall–Kier alpha value is -1.07. The summed E-state index contributed by atoms with van der Waals surface area (Å²) in [5.74, 6) is 0. The number of aliphatic hydroxyl groups is 1. The number of rotatable bonds is 3. The molecule has 0 aliphatic rings. The molecular formula is C9H13NO3S. The maximum Gasteiger partial charge on any atom is 0.407 e. The highest BCUT2D eigenvalue weighted by atomic mass is 32.1. The Balaban J connectivity index is 2.64. The molecule has 0 spiro atoms. The zero-order chi connectivity index (χ0) is 10.7. The molecule has 0 saturated carbocycles. The maximum absolute atomic E-state index is 10.5. The van der Waals surface area contributed by atoms with Crippen LogP contribution in [0.3, 0.4) is 0 Å². The number of aliphatic hydroxyl groups excluding tert-OH is 1. The van der Waals surface area contributed by atoms with Gasteiger partial charge in [-0.1, -0.05) is 0 Å². The molecule has 1 rings (SSSR count). The summed E-state index contributed by atoms with van der Waals surface area (Å²) in [7, 11) is 1.52. The molecule has 0 bridgehead atoms. The van der Waals surface area contributed by atoms with E-state index in [0.717, 1.165) is 9.75 Å². The number of nitrogens with zero attached hydrogens (tertiary/aromatic N) is 1. The number of hydrogen-bond donors (Lipinski definition) is 2. The van der Waals surface area contributed by atoms with Crippen LogP contribution in [0.1, 0.15) is 22.8 Å². The van der Waals surface area contributed by atoms with E-state index in [1.807, 2.05) is 12.1 Å². The van der Waals surface area contributed by atoms with Crippen molar-refractivity contribution in [2.24, 2.45) is 0 Å². The average molecular weight is 215 g/mol. The summed E-state index contributed by atoms with van der Waals surface area (Å²) in [6, 6.07) is 3.66. The van der Waals surface area contributed by atoms with Gasteiger partial charge in [0.05, 0.1) is 12.6 Å². The van der Waals surface area contributed by atoms with Crippen molar-refractivity contribution in [3.63, 3.8) is 0 Å². The molecule has 0 fully saturated rings. The molecule has 14 heavy (non-hydrogen) atoms. The van der Waals surface area contributed by atoms with Crippen molar-refractivity contribution in [3.05, 3.63) is 21.9 Å². The van der Waals surface area contributed by atoms with Crippen LogP contribution >= 0.6 is 11.3 Å². The van der Waals surface area contributed by atoms with E-state index < -0.39 is 12.2 Å². The van der Waals surface area contributed by atoms with Gasteiger partial charge in [0.2, 0.25) is 0 Å². The van der Waals surface area contributed by atoms with E-state index in [-0.39, 0.29) is 0 Å². The van der Waals surface area contributed by atoms with Gasteiger partial charge in [-0.2, -0.15) is 0 Å². The van der Waals surface area contributed by atoms with E-state index in [4.69, 9.17) is 5.11 Å². The third-order valence-electron chi connectivity index (χ3n) is 1.81. The van der Waals surface area contributed by atoms with Crippen molar-refractivity contribution < 1.29 is 15.0 Å². The molecule has 1 amide bonds. The monoisotopic (exact) mass is 215 g/mol. The minimum absolute atomic E-state index is 0.368. The standard InChI is InChI=1S/C9H13NO3S/c1-6(11)8-4-3-7(14-8)5-10(2)9(12)13/h3-4,6,11H,5H2,1-2H3,(H,12,13). The fraction of sp³-hybridized carbons (Fsp3) is 0.444. The van der Waals surface area contributed by atoms with Crippen LogP contribution in [0.4, 0.5) is 4.79 Å². The van der Waals surface area contributed by atoms with Gasteiger partial charge in [-0.15, -0.1) is 11.3 Å². The Kier molecular flexibility index (Phi) is 3.49. The van der Waals surface area contributed by atoms with Gasteiger partial charge in [-0.25, -0.2) is 4.79 Å². The van der Waals surface area contributed by atoms with Crippen molar-refractivity contribution >= 4 is 17.4 Å². The zero-order valence-corrected chi connectivity index (χ0v) is 8.91. The molecule has 1 aromatic rings. The quantitative estimate of drug-likeness (QED) is 0.809. The first-order valence-electron chi connectivity index (χ1n) is 4.21. The lowest BCUT2D eigenvalue weighted by Gasteiger charge is -2.10. The smallest absolute Gasteiger partial charge is 0.407 e. The Bertz CT molecular complexity index is 322. The van der Waals surface area contributed by atoms with Gasteiger partial charge in [0.1, 0.15) is 0 Å². The Morgan fingerprint density at radius 1 is 1.64 bits per heavy atom. The molecule has 1 atom stereocenters. The highest BCUT2D eigenvalue weighted by molar-refractivity contribution is 7.12. The van der Waals surface area contributed by atoms with Crippen LogP contribution in [0, 0.1) is 0 Å². The molecule has 0 radical (unpaired) electrons. The zero-order valence-electron chi connectivity index (χ0n) is 8.10.